The van der Waals surface area contributed by atoms with Gasteiger partial charge in [-0.25, -0.2) is 4.58 Å². The Bertz CT molecular complexity index is 593. The van der Waals surface area contributed by atoms with E-state index in [1.54, 1.807) is 0 Å². The lowest BCUT2D eigenvalue weighted by atomic mass is 9.88. The first-order valence-corrected chi connectivity index (χ1v) is 7.51. The standard InChI is InChI=1S/C19H27N2/c1-18(2)12-14-20(5)16(18)10-8-7-9-11-17-19(3,4)13-15-21(17)6/h7-15H,1-6H3/q+1. The molecule has 2 rings (SSSR count). The molecular weight excluding hydrogens is 256 g/mol. The minimum absolute atomic E-state index is 0.120. The molecule has 0 radical (unpaired) electrons. The van der Waals surface area contributed by atoms with Crippen molar-refractivity contribution in [1.29, 1.82) is 0 Å². The molecule has 2 heterocycles. The molecule has 0 aromatic rings. The van der Waals surface area contributed by atoms with E-state index in [1.807, 2.05) is 0 Å². The van der Waals surface area contributed by atoms with Crippen LogP contribution in [0, 0.1) is 10.8 Å². The minimum Gasteiger partial charge on any atom is -0.354 e. The van der Waals surface area contributed by atoms with Crippen LogP contribution in [0.25, 0.3) is 0 Å². The van der Waals surface area contributed by atoms with Crippen molar-refractivity contribution in [3.8, 4) is 0 Å². The number of nitrogens with zero attached hydrogens (tertiary/aromatic N) is 2. The van der Waals surface area contributed by atoms with Crippen molar-refractivity contribution < 1.29 is 4.58 Å². The maximum atomic E-state index is 2.24. The fourth-order valence-corrected chi connectivity index (χ4v) is 2.86. The van der Waals surface area contributed by atoms with Gasteiger partial charge >= 0.3 is 0 Å². The molecule has 0 saturated heterocycles. The maximum Gasteiger partial charge on any atom is 0.190 e. The quantitative estimate of drug-likeness (QED) is 0.558. The average molecular weight is 283 g/mol. The van der Waals surface area contributed by atoms with Crippen molar-refractivity contribution in [2.75, 3.05) is 14.1 Å². The summed E-state index contributed by atoms with van der Waals surface area (Å²) < 4.78 is 2.18. The molecule has 0 unspecified atom stereocenters. The van der Waals surface area contributed by atoms with Crippen molar-refractivity contribution in [2.24, 2.45) is 10.8 Å². The van der Waals surface area contributed by atoms with Gasteiger partial charge in [0, 0.05) is 30.4 Å². The number of hydrogen-bond donors (Lipinski definition) is 0. The smallest absolute Gasteiger partial charge is 0.190 e. The van der Waals surface area contributed by atoms with E-state index in [4.69, 9.17) is 0 Å². The van der Waals surface area contributed by atoms with E-state index in [0.717, 1.165) is 0 Å². The van der Waals surface area contributed by atoms with Gasteiger partial charge in [-0.3, -0.25) is 0 Å². The highest BCUT2D eigenvalue weighted by Gasteiger charge is 2.31. The Morgan fingerprint density at radius 1 is 1.00 bits per heavy atom. The molecule has 0 amide bonds. The van der Waals surface area contributed by atoms with Gasteiger partial charge in [-0.2, -0.15) is 0 Å². The molecule has 0 aromatic carbocycles. The average Bonchev–Trinajstić information content (AvgIpc) is 2.80. The van der Waals surface area contributed by atoms with Crippen LogP contribution in [0.3, 0.4) is 0 Å². The van der Waals surface area contributed by atoms with E-state index in [-0.39, 0.29) is 10.8 Å². The molecule has 2 heteroatoms. The van der Waals surface area contributed by atoms with Gasteiger partial charge in [0.2, 0.25) is 0 Å². The lowest BCUT2D eigenvalue weighted by Gasteiger charge is -2.22. The maximum absolute atomic E-state index is 2.24. The molecule has 0 spiro atoms. The summed E-state index contributed by atoms with van der Waals surface area (Å²) in [5.74, 6) is 0. The van der Waals surface area contributed by atoms with Crippen LogP contribution in [-0.2, 0) is 0 Å². The molecule has 2 nitrogen and oxygen atoms in total. The predicted molar refractivity (Wildman–Crippen MR) is 91.2 cm³/mol. The minimum atomic E-state index is 0.120. The van der Waals surface area contributed by atoms with Crippen molar-refractivity contribution in [1.82, 2.24) is 4.90 Å². The van der Waals surface area contributed by atoms with Gasteiger partial charge in [0.05, 0.1) is 5.41 Å². The highest BCUT2D eigenvalue weighted by molar-refractivity contribution is 5.98. The first kappa shape index (κ1) is 15.6. The predicted octanol–water partition coefficient (Wildman–Crippen LogP) is 4.10. The lowest BCUT2D eigenvalue weighted by molar-refractivity contribution is -0.419. The zero-order valence-corrected chi connectivity index (χ0v) is 14.1. The molecule has 0 bridgehead atoms. The summed E-state index contributed by atoms with van der Waals surface area (Å²) in [5.41, 5.74) is 2.88. The Balaban J connectivity index is 2.05. The Labute approximate surface area is 129 Å². The Morgan fingerprint density at radius 3 is 2.24 bits per heavy atom. The summed E-state index contributed by atoms with van der Waals surface area (Å²) in [5, 5.41) is 0. The van der Waals surface area contributed by atoms with Gasteiger partial charge in [0.1, 0.15) is 7.05 Å². The van der Waals surface area contributed by atoms with Gasteiger partial charge in [0.15, 0.2) is 11.9 Å². The second-order valence-corrected chi connectivity index (χ2v) is 6.98. The van der Waals surface area contributed by atoms with E-state index >= 15 is 0 Å². The third-order valence-electron chi connectivity index (χ3n) is 4.24. The molecule has 2 aliphatic rings. The van der Waals surface area contributed by atoms with Crippen molar-refractivity contribution in [3.63, 3.8) is 0 Å². The second-order valence-electron chi connectivity index (χ2n) is 6.98. The first-order chi connectivity index (χ1) is 9.74. The molecule has 2 aliphatic heterocycles. The van der Waals surface area contributed by atoms with Crippen molar-refractivity contribution in [2.45, 2.75) is 27.7 Å². The second kappa shape index (κ2) is 5.51. The summed E-state index contributed by atoms with van der Waals surface area (Å²) >= 11 is 0. The van der Waals surface area contributed by atoms with E-state index < -0.39 is 0 Å². The third kappa shape index (κ3) is 3.26. The van der Waals surface area contributed by atoms with Crippen LogP contribution >= 0.6 is 0 Å². The monoisotopic (exact) mass is 283 g/mol. The molecule has 0 aromatic heterocycles. The Morgan fingerprint density at radius 2 is 1.71 bits per heavy atom. The van der Waals surface area contributed by atoms with Crippen LogP contribution in [0.15, 0.2) is 60.6 Å². The lowest BCUT2D eigenvalue weighted by Crippen LogP contribution is -2.21. The molecule has 0 atom stereocenters. The zero-order chi connectivity index (χ0) is 15.7. The molecule has 112 valence electrons. The zero-order valence-electron chi connectivity index (χ0n) is 14.1. The topological polar surface area (TPSA) is 6.25 Å². The largest absolute Gasteiger partial charge is 0.354 e. The van der Waals surface area contributed by atoms with Gasteiger partial charge in [-0.05, 0) is 26.0 Å². The van der Waals surface area contributed by atoms with E-state index in [9.17, 15) is 0 Å². The van der Waals surface area contributed by atoms with Gasteiger partial charge < -0.3 is 4.90 Å². The molecule has 0 saturated carbocycles. The summed E-state index contributed by atoms with van der Waals surface area (Å²) in [6.45, 7) is 8.94. The fraction of sp³-hybridized carbons (Fsp3) is 0.421. The van der Waals surface area contributed by atoms with Crippen LogP contribution in [0.2, 0.25) is 0 Å². The highest BCUT2D eigenvalue weighted by atomic mass is 15.1. The molecule has 0 aliphatic carbocycles. The number of allylic oxidation sites excluding steroid dienone is 7. The molecular formula is C19H27N2+. The van der Waals surface area contributed by atoms with Gasteiger partial charge in [-0.1, -0.05) is 38.2 Å². The van der Waals surface area contributed by atoms with Gasteiger partial charge in [-0.15, -0.1) is 0 Å². The summed E-state index contributed by atoms with van der Waals surface area (Å²) in [7, 11) is 4.19. The SMILES string of the molecule is CN1C=CC(C)(C)C1=CC=CC=CC1=[N+](C)C=CC1(C)C. The van der Waals surface area contributed by atoms with E-state index in [2.05, 4.69) is 106 Å². The van der Waals surface area contributed by atoms with Crippen LogP contribution in [0.4, 0.5) is 0 Å². The summed E-state index contributed by atoms with van der Waals surface area (Å²) in [6, 6.07) is 0. The van der Waals surface area contributed by atoms with Gasteiger partial charge in [0.25, 0.3) is 0 Å². The normalized spacial score (nSPS) is 25.4. The molecule has 0 fully saturated rings. The third-order valence-corrected chi connectivity index (χ3v) is 4.24. The summed E-state index contributed by atoms with van der Waals surface area (Å²) in [4.78, 5) is 2.18. The summed E-state index contributed by atoms with van der Waals surface area (Å²) in [6.07, 6.45) is 19.5. The number of rotatable bonds is 3. The van der Waals surface area contributed by atoms with E-state index in [0.29, 0.717) is 0 Å². The van der Waals surface area contributed by atoms with Crippen molar-refractivity contribution in [3.05, 3.63) is 60.6 Å². The van der Waals surface area contributed by atoms with Crippen LogP contribution in [0.5, 0.6) is 0 Å². The first-order valence-electron chi connectivity index (χ1n) is 7.51. The molecule has 21 heavy (non-hydrogen) atoms. The van der Waals surface area contributed by atoms with Crippen LogP contribution in [-0.4, -0.2) is 29.3 Å². The molecule has 0 N–H and O–H groups in total. The van der Waals surface area contributed by atoms with Crippen LogP contribution < -0.4 is 0 Å². The highest BCUT2D eigenvalue weighted by Crippen LogP contribution is 2.35. The Hall–Kier alpha value is -1.83. The van der Waals surface area contributed by atoms with Crippen molar-refractivity contribution >= 4 is 5.71 Å². The van der Waals surface area contributed by atoms with Crippen LogP contribution in [0.1, 0.15) is 27.7 Å². The number of hydrogen-bond acceptors (Lipinski definition) is 1. The Kier molecular flexibility index (Phi) is 4.08. The van der Waals surface area contributed by atoms with E-state index in [1.165, 1.54) is 11.4 Å². The fourth-order valence-electron chi connectivity index (χ4n) is 2.86.